The largest absolute Gasteiger partial charge is 0.508 e. The Hall–Kier alpha value is -7.67. The van der Waals surface area contributed by atoms with Crippen LogP contribution in [0.4, 0.5) is 0 Å². The number of aromatic hydroxyl groups is 2. The first-order chi connectivity index (χ1) is 38.1. The van der Waals surface area contributed by atoms with E-state index in [2.05, 4.69) is 38.8 Å². The van der Waals surface area contributed by atoms with Gasteiger partial charge in [0.05, 0.1) is 19.6 Å². The number of nitrogens with two attached hydrogens (primary N) is 3. The highest BCUT2D eigenvalue weighted by atomic mass is 33.1. The SMILES string of the molecule is CCO.CCc1ccc(CCC(=O)NC(CSSC)C(=O)NC(Cc2ccc(O)cc2)C(=O)NCC(=O)NC(CCCCN)C(=O)NCC(=O)N(C)CC(=O)NC(Cc2ccc(O)cc2)C(N)=O)cc1.Cc1ccc(C(N)=O)cc1. The number of carbonyl (C=O) groups is 9. The Morgan fingerprint density at radius 3 is 1.62 bits per heavy atom. The number of likely N-dealkylation sites (N-methyl/N-ethyl adjacent to an activating group) is 1. The van der Waals surface area contributed by atoms with Gasteiger partial charge in [-0.3, -0.25) is 43.2 Å². The Bertz CT molecular complexity index is 2590. The fourth-order valence-corrected chi connectivity index (χ4v) is 8.53. The van der Waals surface area contributed by atoms with Gasteiger partial charge in [-0.15, -0.1) is 0 Å². The Balaban J connectivity index is 0.00000148. The average molecular weight is 1150 g/mol. The molecular weight excluding hydrogens is 1070 g/mol. The molecule has 0 fully saturated rings. The van der Waals surface area contributed by atoms with Crippen molar-refractivity contribution in [1.82, 2.24) is 36.8 Å². The first kappa shape index (κ1) is 68.4. The van der Waals surface area contributed by atoms with Gasteiger partial charge in [-0.2, -0.15) is 0 Å². The maximum Gasteiger partial charge on any atom is 0.248 e. The number of aryl methyl sites for hydroxylation is 3. The molecule has 0 saturated heterocycles. The monoisotopic (exact) mass is 1150 g/mol. The molecule has 24 heteroatoms. The van der Waals surface area contributed by atoms with Gasteiger partial charge in [0, 0.05) is 44.2 Å². The Morgan fingerprint density at radius 1 is 0.600 bits per heavy atom. The highest BCUT2D eigenvalue weighted by Gasteiger charge is 2.29. The van der Waals surface area contributed by atoms with Gasteiger partial charge >= 0.3 is 0 Å². The predicted molar refractivity (Wildman–Crippen MR) is 310 cm³/mol. The number of benzene rings is 4. The van der Waals surface area contributed by atoms with E-state index in [0.29, 0.717) is 42.5 Å². The highest BCUT2D eigenvalue weighted by molar-refractivity contribution is 8.76. The van der Waals surface area contributed by atoms with E-state index in [1.807, 2.05) is 49.6 Å². The minimum atomic E-state index is -1.23. The number of aliphatic hydroxyl groups is 1. The number of hydrogen-bond donors (Lipinski definition) is 12. The van der Waals surface area contributed by atoms with Crippen LogP contribution < -0.4 is 49.1 Å². The van der Waals surface area contributed by atoms with Gasteiger partial charge < -0.3 is 69.3 Å². The molecule has 0 heterocycles. The first-order valence-electron chi connectivity index (χ1n) is 25.9. The lowest BCUT2D eigenvalue weighted by molar-refractivity contribution is -0.136. The molecule has 0 aliphatic rings. The molecule has 15 N–H and O–H groups in total. The number of phenols is 2. The molecule has 0 aliphatic carbocycles. The third-order valence-corrected chi connectivity index (χ3v) is 13.5. The van der Waals surface area contributed by atoms with Gasteiger partial charge in [0.25, 0.3) is 0 Å². The molecule has 9 amide bonds. The summed E-state index contributed by atoms with van der Waals surface area (Å²) in [4.78, 5) is 116. The topological polar surface area (TPSA) is 368 Å². The van der Waals surface area contributed by atoms with E-state index in [1.54, 1.807) is 43.3 Å². The smallest absolute Gasteiger partial charge is 0.248 e. The first-order valence-corrected chi connectivity index (χ1v) is 28.6. The molecule has 0 aromatic heterocycles. The molecular formula is C56H78N10O12S2. The summed E-state index contributed by atoms with van der Waals surface area (Å²) in [6, 6.07) is 22.6. The van der Waals surface area contributed by atoms with Crippen molar-refractivity contribution in [3.8, 4) is 11.5 Å². The summed E-state index contributed by atoms with van der Waals surface area (Å²) < 4.78 is 0. The number of carbonyl (C=O) groups excluding carboxylic acids is 9. The van der Waals surface area contributed by atoms with Crippen LogP contribution >= 0.6 is 21.6 Å². The number of amides is 9. The summed E-state index contributed by atoms with van der Waals surface area (Å²) in [7, 11) is 4.07. The third kappa shape index (κ3) is 27.8. The number of hydrogen-bond acceptors (Lipinski definition) is 15. The summed E-state index contributed by atoms with van der Waals surface area (Å²) in [5.41, 5.74) is 21.2. The van der Waals surface area contributed by atoms with Crippen molar-refractivity contribution >= 4 is 74.8 Å². The van der Waals surface area contributed by atoms with E-state index in [-0.39, 0.29) is 61.4 Å². The Morgan fingerprint density at radius 2 is 1.10 bits per heavy atom. The summed E-state index contributed by atoms with van der Waals surface area (Å²) in [6.45, 7) is 4.65. The molecule has 4 unspecified atom stereocenters. The molecule has 0 bridgehead atoms. The van der Waals surface area contributed by atoms with Crippen LogP contribution in [-0.2, 0) is 64.0 Å². The molecule has 80 heavy (non-hydrogen) atoms. The van der Waals surface area contributed by atoms with Crippen LogP contribution in [0.1, 0.15) is 77.7 Å². The lowest BCUT2D eigenvalue weighted by Crippen LogP contribution is -2.56. The van der Waals surface area contributed by atoms with Crippen LogP contribution in [0.3, 0.4) is 0 Å². The minimum Gasteiger partial charge on any atom is -0.508 e. The minimum absolute atomic E-state index is 0.00787. The van der Waals surface area contributed by atoms with Crippen molar-refractivity contribution in [3.05, 3.63) is 130 Å². The molecule has 0 aliphatic heterocycles. The predicted octanol–water partition coefficient (Wildman–Crippen LogP) is 1.43. The second kappa shape index (κ2) is 38.0. The van der Waals surface area contributed by atoms with Crippen LogP contribution in [0.25, 0.3) is 0 Å². The van der Waals surface area contributed by atoms with Crippen LogP contribution in [0.5, 0.6) is 11.5 Å². The van der Waals surface area contributed by atoms with Crippen molar-refractivity contribution in [2.24, 2.45) is 17.2 Å². The highest BCUT2D eigenvalue weighted by Crippen LogP contribution is 2.19. The lowest BCUT2D eigenvalue weighted by Gasteiger charge is -2.24. The Kier molecular flexibility index (Phi) is 32.5. The molecule has 4 aromatic rings. The van der Waals surface area contributed by atoms with E-state index < -0.39 is 85.2 Å². The van der Waals surface area contributed by atoms with E-state index in [0.717, 1.165) is 22.4 Å². The quantitative estimate of drug-likeness (QED) is 0.0260. The van der Waals surface area contributed by atoms with Gasteiger partial charge in [0.15, 0.2) is 0 Å². The molecule has 4 atom stereocenters. The third-order valence-electron chi connectivity index (χ3n) is 11.7. The number of unbranched alkanes of at least 4 members (excludes halogenated alkanes) is 1. The molecule has 22 nitrogen and oxygen atoms in total. The molecule has 0 radical (unpaired) electrons. The molecule has 4 aromatic carbocycles. The maximum atomic E-state index is 13.7. The summed E-state index contributed by atoms with van der Waals surface area (Å²) in [6.07, 6.45) is 4.41. The normalized spacial score (nSPS) is 11.9. The van der Waals surface area contributed by atoms with Crippen LogP contribution in [-0.4, -0.2) is 149 Å². The van der Waals surface area contributed by atoms with Crippen molar-refractivity contribution in [2.75, 3.05) is 51.8 Å². The second-order valence-electron chi connectivity index (χ2n) is 18.2. The van der Waals surface area contributed by atoms with E-state index in [1.165, 1.54) is 58.5 Å². The zero-order chi connectivity index (χ0) is 59.6. The Labute approximate surface area is 475 Å². The van der Waals surface area contributed by atoms with Crippen molar-refractivity contribution < 1.29 is 58.5 Å². The molecule has 0 saturated carbocycles. The number of nitrogens with one attached hydrogen (secondary N) is 6. The maximum absolute atomic E-state index is 13.7. The fourth-order valence-electron chi connectivity index (χ4n) is 7.20. The molecule has 4 rings (SSSR count). The van der Waals surface area contributed by atoms with Gasteiger partial charge in [0.1, 0.15) is 35.7 Å². The number of phenolic OH excluding ortho intramolecular Hbond substituents is 2. The summed E-state index contributed by atoms with van der Waals surface area (Å²) in [5, 5.41) is 42.5. The van der Waals surface area contributed by atoms with Gasteiger partial charge in [0.2, 0.25) is 53.2 Å². The van der Waals surface area contributed by atoms with Gasteiger partial charge in [-0.1, -0.05) is 94.7 Å². The van der Waals surface area contributed by atoms with Crippen molar-refractivity contribution in [3.63, 3.8) is 0 Å². The van der Waals surface area contributed by atoms with Crippen LogP contribution in [0, 0.1) is 6.92 Å². The second-order valence-corrected chi connectivity index (χ2v) is 20.8. The van der Waals surface area contributed by atoms with Crippen LogP contribution in [0.2, 0.25) is 0 Å². The standard InChI is InChI=1S/C46H63N9O10S2.C8H9NO.C2H6O/c1-4-29-8-10-30(11-9-29)16-21-39(58)53-38(28-67-66-3)46(65)54-37(24-32-14-19-34(57)20-15-32)45(64)49-25-40(59)51-35(7-5-6-22-47)44(63)50-26-42(61)55(2)27-41(60)52-36(43(48)62)23-31-12-17-33(56)18-13-31;1-6-2-4-7(5-3-6)8(9)10;1-2-3/h8-15,17-20,35-38,56-57H,4-7,16,21-28,47H2,1-3H3,(H2,48,62)(H,49,64)(H,50,63)(H,51,59)(H,52,60)(H,53,58)(H,54,65);2-5H,1H3,(H2,9,10);3H,2H2,1H3. The van der Waals surface area contributed by atoms with Crippen molar-refractivity contribution in [2.45, 2.75) is 96.3 Å². The van der Waals surface area contributed by atoms with E-state index >= 15 is 0 Å². The van der Waals surface area contributed by atoms with E-state index in [9.17, 15) is 53.4 Å². The number of rotatable bonds is 30. The molecule has 436 valence electrons. The zero-order valence-electron chi connectivity index (χ0n) is 46.0. The van der Waals surface area contributed by atoms with E-state index in [4.69, 9.17) is 22.3 Å². The number of primary amides is 2. The summed E-state index contributed by atoms with van der Waals surface area (Å²) in [5.74, 6) is -5.49. The van der Waals surface area contributed by atoms with Gasteiger partial charge in [-0.25, -0.2) is 0 Å². The lowest BCUT2D eigenvalue weighted by atomic mass is 10.0. The van der Waals surface area contributed by atoms with Gasteiger partial charge in [-0.05, 0) is 117 Å². The van der Waals surface area contributed by atoms with Crippen LogP contribution in [0.15, 0.2) is 97.1 Å². The summed E-state index contributed by atoms with van der Waals surface area (Å²) >= 11 is 0. The zero-order valence-corrected chi connectivity index (χ0v) is 47.6. The number of nitrogens with zero attached hydrogens (tertiary/aromatic N) is 1. The number of aliphatic hydroxyl groups excluding tert-OH is 1. The average Bonchev–Trinajstić information content (AvgIpc) is 3.43. The fraction of sp³-hybridized carbons (Fsp3) is 0.411. The van der Waals surface area contributed by atoms with Crippen molar-refractivity contribution in [1.29, 1.82) is 0 Å². The molecule has 0 spiro atoms.